The highest BCUT2D eigenvalue weighted by Crippen LogP contribution is 2.38. The average Bonchev–Trinajstić information content (AvgIpc) is 3.59. The molecule has 0 spiro atoms. The highest BCUT2D eigenvalue weighted by molar-refractivity contribution is 6.04. The molecule has 0 fully saturated rings. The number of aromatic nitrogens is 5. The first kappa shape index (κ1) is 29.6. The van der Waals surface area contributed by atoms with Gasteiger partial charge in [0.05, 0.1) is 29.1 Å². The van der Waals surface area contributed by atoms with Gasteiger partial charge in [-0.05, 0) is 113 Å². The van der Waals surface area contributed by atoms with Crippen molar-refractivity contribution in [2.24, 2.45) is 0 Å². The summed E-state index contributed by atoms with van der Waals surface area (Å²) in [7, 11) is 0. The minimum atomic E-state index is 0.642. The molecule has 10 rings (SSSR count). The molecule has 0 bridgehead atoms. The lowest BCUT2D eigenvalue weighted by molar-refractivity contribution is 0.654. The fourth-order valence-corrected chi connectivity index (χ4v) is 6.94. The van der Waals surface area contributed by atoms with Crippen LogP contribution in [0, 0.1) is 0 Å². The Kier molecular flexibility index (Phi) is 6.99. The molecule has 7 nitrogen and oxygen atoms in total. The monoisotopic (exact) mass is 668 g/mol. The van der Waals surface area contributed by atoms with Crippen LogP contribution in [0.3, 0.4) is 0 Å². The van der Waals surface area contributed by atoms with Crippen LogP contribution < -0.4 is 4.90 Å². The Bertz CT molecular complexity index is 2780. The second-order valence-corrected chi connectivity index (χ2v) is 12.7. The van der Waals surface area contributed by atoms with Crippen molar-refractivity contribution in [3.8, 4) is 33.5 Å². The first-order chi connectivity index (χ1) is 25.7. The Hall–Kier alpha value is -7.25. The maximum Gasteiger partial charge on any atom is 0.227 e. The van der Waals surface area contributed by atoms with Crippen molar-refractivity contribution in [1.82, 2.24) is 25.4 Å². The standard InChI is InChI=1S/C45H28N6O/c1-2-4-44-39(3-1)40-19-22-41(48-45(40)52-44)31-9-17-38(18-10-31)51(36-13-5-29(6-14-36)32-11-20-42-34(27-32)23-25-46-49-42)37-15-7-30(8-16-37)33-12-21-43-35(28-33)24-26-47-50-43/h1-28H. The topological polar surface area (TPSA) is 80.8 Å². The number of para-hydroxylation sites is 1. The van der Waals surface area contributed by atoms with Gasteiger partial charge in [0.15, 0.2) is 0 Å². The van der Waals surface area contributed by atoms with Gasteiger partial charge in [0, 0.05) is 44.2 Å². The number of hydrogen-bond acceptors (Lipinski definition) is 7. The molecule has 6 aromatic carbocycles. The molecule has 4 aromatic heterocycles. The van der Waals surface area contributed by atoms with Crippen LogP contribution in [0.1, 0.15) is 0 Å². The van der Waals surface area contributed by atoms with E-state index in [1.807, 2.05) is 42.5 Å². The molecule has 0 aliphatic heterocycles. The minimum Gasteiger partial charge on any atom is -0.438 e. The van der Waals surface area contributed by atoms with E-state index in [9.17, 15) is 0 Å². The van der Waals surface area contributed by atoms with E-state index in [1.165, 1.54) is 0 Å². The molecule has 0 unspecified atom stereocenters. The Morgan fingerprint density at radius 1 is 0.423 bits per heavy atom. The molecule has 0 amide bonds. The van der Waals surface area contributed by atoms with Crippen LogP contribution >= 0.6 is 0 Å². The molecule has 52 heavy (non-hydrogen) atoms. The van der Waals surface area contributed by atoms with Gasteiger partial charge in [0.1, 0.15) is 5.58 Å². The van der Waals surface area contributed by atoms with Crippen molar-refractivity contribution >= 4 is 60.9 Å². The summed E-state index contributed by atoms with van der Waals surface area (Å²) >= 11 is 0. The molecule has 0 N–H and O–H groups in total. The summed E-state index contributed by atoms with van der Waals surface area (Å²) in [5.74, 6) is 0. The molecule has 0 aliphatic carbocycles. The fourth-order valence-electron chi connectivity index (χ4n) is 6.94. The number of benzene rings is 6. The minimum absolute atomic E-state index is 0.642. The van der Waals surface area contributed by atoms with E-state index in [-0.39, 0.29) is 0 Å². The molecule has 0 radical (unpaired) electrons. The number of rotatable bonds is 6. The van der Waals surface area contributed by atoms with Crippen molar-refractivity contribution in [2.75, 3.05) is 4.90 Å². The Labute approximate surface area is 298 Å². The lowest BCUT2D eigenvalue weighted by Crippen LogP contribution is -2.09. The molecule has 4 heterocycles. The average molecular weight is 669 g/mol. The van der Waals surface area contributed by atoms with Crippen LogP contribution in [0.2, 0.25) is 0 Å². The van der Waals surface area contributed by atoms with Crippen molar-refractivity contribution in [3.05, 3.63) is 170 Å². The van der Waals surface area contributed by atoms with Crippen LogP contribution in [0.25, 0.3) is 77.4 Å². The van der Waals surface area contributed by atoms with E-state index >= 15 is 0 Å². The molecule has 0 saturated heterocycles. The molecular formula is C45H28N6O. The smallest absolute Gasteiger partial charge is 0.227 e. The summed E-state index contributed by atoms with van der Waals surface area (Å²) in [5, 5.41) is 20.7. The van der Waals surface area contributed by atoms with Crippen molar-refractivity contribution in [1.29, 1.82) is 0 Å². The first-order valence-electron chi connectivity index (χ1n) is 17.1. The number of fused-ring (bicyclic) bond motifs is 5. The van der Waals surface area contributed by atoms with E-state index in [2.05, 4.69) is 141 Å². The number of anilines is 3. The van der Waals surface area contributed by atoms with Crippen molar-refractivity contribution in [3.63, 3.8) is 0 Å². The highest BCUT2D eigenvalue weighted by atomic mass is 16.3. The van der Waals surface area contributed by atoms with Gasteiger partial charge in [-0.2, -0.15) is 20.4 Å². The van der Waals surface area contributed by atoms with Crippen LogP contribution in [0.5, 0.6) is 0 Å². The number of nitrogens with zero attached hydrogens (tertiary/aromatic N) is 6. The van der Waals surface area contributed by atoms with Gasteiger partial charge in [0.25, 0.3) is 0 Å². The zero-order valence-corrected chi connectivity index (χ0v) is 27.8. The van der Waals surface area contributed by atoms with Crippen LogP contribution in [-0.2, 0) is 0 Å². The Morgan fingerprint density at radius 2 is 0.942 bits per heavy atom. The Balaban J connectivity index is 1.02. The molecule has 0 atom stereocenters. The fraction of sp³-hybridized carbons (Fsp3) is 0. The molecular weight excluding hydrogens is 641 g/mol. The maximum absolute atomic E-state index is 6.09. The number of furan rings is 1. The van der Waals surface area contributed by atoms with Gasteiger partial charge in [-0.25, -0.2) is 4.98 Å². The summed E-state index contributed by atoms with van der Waals surface area (Å²) in [6.45, 7) is 0. The summed E-state index contributed by atoms with van der Waals surface area (Å²) < 4.78 is 6.09. The van der Waals surface area contributed by atoms with Crippen molar-refractivity contribution < 1.29 is 4.42 Å². The van der Waals surface area contributed by atoms with Gasteiger partial charge in [-0.3, -0.25) is 0 Å². The summed E-state index contributed by atoms with van der Waals surface area (Å²) in [6, 6.07) is 54.7. The third kappa shape index (κ3) is 5.28. The van der Waals surface area contributed by atoms with E-state index in [0.29, 0.717) is 5.71 Å². The van der Waals surface area contributed by atoms with Gasteiger partial charge in [-0.1, -0.05) is 66.7 Å². The predicted molar refractivity (Wildman–Crippen MR) is 209 cm³/mol. The summed E-state index contributed by atoms with van der Waals surface area (Å²) in [6.07, 6.45) is 3.46. The van der Waals surface area contributed by atoms with Gasteiger partial charge >= 0.3 is 0 Å². The van der Waals surface area contributed by atoms with Crippen LogP contribution in [-0.4, -0.2) is 25.4 Å². The second-order valence-electron chi connectivity index (χ2n) is 12.7. The predicted octanol–water partition coefficient (Wildman–Crippen LogP) is 11.3. The maximum atomic E-state index is 6.09. The van der Waals surface area contributed by atoms with Gasteiger partial charge in [-0.15, -0.1) is 0 Å². The van der Waals surface area contributed by atoms with E-state index < -0.39 is 0 Å². The summed E-state index contributed by atoms with van der Waals surface area (Å²) in [5.41, 5.74) is 12.7. The largest absolute Gasteiger partial charge is 0.438 e. The number of hydrogen-bond donors (Lipinski definition) is 0. The molecule has 10 aromatic rings. The van der Waals surface area contributed by atoms with E-state index in [1.54, 1.807) is 12.4 Å². The lowest BCUT2D eigenvalue weighted by atomic mass is 10.0. The van der Waals surface area contributed by atoms with Crippen LogP contribution in [0.4, 0.5) is 17.1 Å². The second kappa shape index (κ2) is 12.3. The zero-order valence-electron chi connectivity index (χ0n) is 27.8. The summed E-state index contributed by atoms with van der Waals surface area (Å²) in [4.78, 5) is 7.17. The SMILES string of the molecule is c1ccc2c(c1)oc1nc(-c3ccc(N(c4ccc(-c5ccc6nnccc6c5)cc4)c4ccc(-c5ccc6nnccc6c5)cc4)cc3)ccc12. The normalized spacial score (nSPS) is 11.5. The molecule has 244 valence electrons. The van der Waals surface area contributed by atoms with Gasteiger partial charge < -0.3 is 9.32 Å². The zero-order chi connectivity index (χ0) is 34.4. The van der Waals surface area contributed by atoms with E-state index in [0.717, 1.165) is 88.7 Å². The quantitative estimate of drug-likeness (QED) is 0.174. The molecule has 0 aliphatic rings. The van der Waals surface area contributed by atoms with Crippen LogP contribution in [0.15, 0.2) is 175 Å². The van der Waals surface area contributed by atoms with Gasteiger partial charge in [0.2, 0.25) is 5.71 Å². The highest BCUT2D eigenvalue weighted by Gasteiger charge is 2.15. The first-order valence-corrected chi connectivity index (χ1v) is 17.1. The van der Waals surface area contributed by atoms with Crippen molar-refractivity contribution in [2.45, 2.75) is 0 Å². The third-order valence-electron chi connectivity index (χ3n) is 9.61. The lowest BCUT2D eigenvalue weighted by Gasteiger charge is -2.26. The Morgan fingerprint density at radius 3 is 1.52 bits per heavy atom. The third-order valence-corrected chi connectivity index (χ3v) is 9.61. The van der Waals surface area contributed by atoms with E-state index in [4.69, 9.17) is 9.40 Å². The molecule has 0 saturated carbocycles. The molecule has 7 heteroatoms. The number of pyridine rings is 1.